The summed E-state index contributed by atoms with van der Waals surface area (Å²) in [6, 6.07) is 9.21. The zero-order chi connectivity index (χ0) is 32.0. The van der Waals surface area contributed by atoms with Gasteiger partial charge in [0.25, 0.3) is 0 Å². The van der Waals surface area contributed by atoms with Crippen molar-refractivity contribution in [2.45, 2.75) is 80.4 Å². The van der Waals surface area contributed by atoms with Crippen LogP contribution in [0.1, 0.15) is 78.7 Å². The van der Waals surface area contributed by atoms with Crippen molar-refractivity contribution in [2.24, 2.45) is 5.41 Å². The number of esters is 1. The third kappa shape index (κ3) is 7.57. The standard InChI is InChI=1S/C36H55N5O3/c1-10-15-38(8)28-13-14-33-30(21-28)32(23-36(6,7)25-44-27(5)42)35(41(33)12-3)31-22-29(24-37-34(31)26(4)43-9)40-19-17-39(16-11-2)18-20-40/h13-14,21-22,24,26H,10-12,15-20,23,25H2,1-9H3. The number of carbonyl (C=O) groups is 1. The molecule has 242 valence electrons. The highest BCUT2D eigenvalue weighted by molar-refractivity contribution is 5.95. The lowest BCUT2D eigenvalue weighted by atomic mass is 9.84. The van der Waals surface area contributed by atoms with E-state index in [0.29, 0.717) is 6.61 Å². The zero-order valence-electron chi connectivity index (χ0n) is 28.7. The van der Waals surface area contributed by atoms with Crippen LogP contribution >= 0.6 is 0 Å². The molecule has 1 fully saturated rings. The Morgan fingerprint density at radius 2 is 1.82 bits per heavy atom. The summed E-state index contributed by atoms with van der Waals surface area (Å²) in [5.74, 6) is -0.245. The number of piperazine rings is 1. The first-order chi connectivity index (χ1) is 21.0. The van der Waals surface area contributed by atoms with Crippen molar-refractivity contribution in [2.75, 3.05) is 69.8 Å². The number of rotatable bonds is 14. The first-order valence-corrected chi connectivity index (χ1v) is 16.5. The molecule has 1 aliphatic rings. The molecular weight excluding hydrogens is 550 g/mol. The molecule has 0 bridgehead atoms. The number of aromatic nitrogens is 2. The number of anilines is 2. The lowest BCUT2D eigenvalue weighted by Crippen LogP contribution is -2.46. The second kappa shape index (κ2) is 14.8. The Morgan fingerprint density at radius 1 is 1.09 bits per heavy atom. The smallest absolute Gasteiger partial charge is 0.302 e. The van der Waals surface area contributed by atoms with Crippen molar-refractivity contribution in [3.8, 4) is 11.3 Å². The molecule has 1 atom stereocenters. The van der Waals surface area contributed by atoms with Gasteiger partial charge in [0.2, 0.25) is 0 Å². The first kappa shape index (κ1) is 33.8. The van der Waals surface area contributed by atoms with Crippen molar-refractivity contribution < 1.29 is 14.3 Å². The van der Waals surface area contributed by atoms with Crippen molar-refractivity contribution in [3.63, 3.8) is 0 Å². The van der Waals surface area contributed by atoms with E-state index < -0.39 is 0 Å². The highest BCUT2D eigenvalue weighted by atomic mass is 16.5. The quantitative estimate of drug-likeness (QED) is 0.185. The zero-order valence-corrected chi connectivity index (χ0v) is 28.7. The van der Waals surface area contributed by atoms with Gasteiger partial charge < -0.3 is 23.8 Å². The first-order valence-electron chi connectivity index (χ1n) is 16.5. The number of benzene rings is 1. The van der Waals surface area contributed by atoms with Gasteiger partial charge in [-0.15, -0.1) is 0 Å². The van der Waals surface area contributed by atoms with Crippen LogP contribution in [-0.4, -0.2) is 80.5 Å². The Balaban J connectivity index is 1.94. The van der Waals surface area contributed by atoms with E-state index in [2.05, 4.69) is 92.1 Å². The fourth-order valence-corrected chi connectivity index (χ4v) is 6.56. The Hall–Kier alpha value is -3.10. The van der Waals surface area contributed by atoms with Crippen LogP contribution in [0.4, 0.5) is 11.4 Å². The van der Waals surface area contributed by atoms with E-state index in [1.54, 1.807) is 7.11 Å². The molecule has 0 amide bonds. The number of ether oxygens (including phenoxy) is 2. The molecular formula is C36H55N5O3. The van der Waals surface area contributed by atoms with Crippen molar-refractivity contribution in [1.82, 2.24) is 14.5 Å². The fourth-order valence-electron chi connectivity index (χ4n) is 6.56. The number of aryl methyl sites for hydroxylation is 1. The Bertz CT molecular complexity index is 1410. The summed E-state index contributed by atoms with van der Waals surface area (Å²) in [6.45, 7) is 22.1. The average molecular weight is 606 g/mol. The SMILES string of the molecule is CCCN1CCN(c2cnc(C(C)OC)c(-c3c(CC(C)(C)COC(C)=O)c4cc(N(C)CCC)ccc4n3CC)c2)CC1. The molecule has 3 heterocycles. The maximum Gasteiger partial charge on any atom is 0.302 e. The Labute approximate surface area is 265 Å². The van der Waals surface area contributed by atoms with Crippen molar-refractivity contribution >= 4 is 28.2 Å². The van der Waals surface area contributed by atoms with Crippen LogP contribution in [-0.2, 0) is 27.2 Å². The number of nitrogens with zero attached hydrogens (tertiary/aromatic N) is 5. The number of hydrogen-bond acceptors (Lipinski definition) is 7. The number of pyridine rings is 1. The van der Waals surface area contributed by atoms with Crippen LogP contribution in [0.2, 0.25) is 0 Å². The van der Waals surface area contributed by atoms with Gasteiger partial charge in [-0.05, 0) is 69.5 Å². The Morgan fingerprint density at radius 3 is 2.43 bits per heavy atom. The number of fused-ring (bicyclic) bond motifs is 1. The predicted molar refractivity (Wildman–Crippen MR) is 183 cm³/mol. The van der Waals surface area contributed by atoms with E-state index in [1.807, 2.05) is 6.20 Å². The van der Waals surface area contributed by atoms with Crippen LogP contribution in [0.15, 0.2) is 30.5 Å². The highest BCUT2D eigenvalue weighted by Crippen LogP contribution is 2.42. The third-order valence-electron chi connectivity index (χ3n) is 8.96. The van der Waals surface area contributed by atoms with Gasteiger partial charge in [-0.25, -0.2) is 0 Å². The lowest BCUT2D eigenvalue weighted by molar-refractivity contribution is -0.143. The largest absolute Gasteiger partial charge is 0.465 e. The van der Waals surface area contributed by atoms with E-state index in [4.69, 9.17) is 14.5 Å². The topological polar surface area (TPSA) is 63.1 Å². The second-order valence-electron chi connectivity index (χ2n) is 13.1. The van der Waals surface area contributed by atoms with Gasteiger partial charge >= 0.3 is 5.97 Å². The van der Waals surface area contributed by atoms with E-state index in [9.17, 15) is 4.79 Å². The third-order valence-corrected chi connectivity index (χ3v) is 8.96. The molecule has 2 aromatic heterocycles. The van der Waals surface area contributed by atoms with Gasteiger partial charge in [0.1, 0.15) is 0 Å². The van der Waals surface area contributed by atoms with Crippen LogP contribution < -0.4 is 9.80 Å². The lowest BCUT2D eigenvalue weighted by Gasteiger charge is -2.36. The molecule has 0 radical (unpaired) electrons. The normalized spacial score (nSPS) is 15.2. The molecule has 0 saturated carbocycles. The fraction of sp³-hybridized carbons (Fsp3) is 0.611. The van der Waals surface area contributed by atoms with Crippen molar-refractivity contribution in [3.05, 3.63) is 41.7 Å². The second-order valence-corrected chi connectivity index (χ2v) is 13.1. The molecule has 4 rings (SSSR count). The average Bonchev–Trinajstić information content (AvgIpc) is 3.31. The molecule has 8 nitrogen and oxygen atoms in total. The van der Waals surface area contributed by atoms with Gasteiger partial charge in [-0.3, -0.25) is 14.7 Å². The summed E-state index contributed by atoms with van der Waals surface area (Å²) in [6.07, 6.45) is 4.88. The molecule has 0 spiro atoms. The van der Waals surface area contributed by atoms with Gasteiger partial charge in [-0.1, -0.05) is 27.7 Å². The predicted octanol–water partition coefficient (Wildman–Crippen LogP) is 6.94. The van der Waals surface area contributed by atoms with Crippen molar-refractivity contribution in [1.29, 1.82) is 0 Å². The van der Waals surface area contributed by atoms with E-state index in [-0.39, 0.29) is 17.5 Å². The Kier molecular flexibility index (Phi) is 11.4. The summed E-state index contributed by atoms with van der Waals surface area (Å²) in [4.78, 5) is 24.3. The highest BCUT2D eigenvalue weighted by Gasteiger charge is 2.30. The number of carbonyl (C=O) groups excluding carboxylic acids is 1. The number of hydrogen-bond donors (Lipinski definition) is 0. The van der Waals surface area contributed by atoms with Crippen LogP contribution in [0.25, 0.3) is 22.2 Å². The minimum atomic E-state index is -0.272. The van der Waals surface area contributed by atoms with E-state index >= 15 is 0 Å². The summed E-state index contributed by atoms with van der Waals surface area (Å²) < 4.78 is 13.9. The van der Waals surface area contributed by atoms with Crippen LogP contribution in [0.3, 0.4) is 0 Å². The molecule has 44 heavy (non-hydrogen) atoms. The van der Waals surface area contributed by atoms with Gasteiger partial charge in [-0.2, -0.15) is 0 Å². The molecule has 1 saturated heterocycles. The summed E-state index contributed by atoms with van der Waals surface area (Å²) in [5, 5.41) is 1.24. The van der Waals surface area contributed by atoms with Gasteiger partial charge in [0.05, 0.1) is 36.0 Å². The summed E-state index contributed by atoms with van der Waals surface area (Å²) >= 11 is 0. The molecule has 1 unspecified atom stereocenters. The minimum absolute atomic E-state index is 0.170. The molecule has 0 N–H and O–H groups in total. The molecule has 0 aliphatic carbocycles. The summed E-state index contributed by atoms with van der Waals surface area (Å²) in [5.41, 5.74) is 7.82. The number of methoxy groups -OCH3 is 1. The van der Waals surface area contributed by atoms with Crippen LogP contribution in [0, 0.1) is 5.41 Å². The van der Waals surface area contributed by atoms with Gasteiger partial charge in [0.15, 0.2) is 0 Å². The van der Waals surface area contributed by atoms with E-state index in [0.717, 1.165) is 75.6 Å². The maximum atomic E-state index is 11.8. The molecule has 1 aliphatic heterocycles. The molecule has 8 heteroatoms. The van der Waals surface area contributed by atoms with Gasteiger partial charge in [0, 0.05) is 87.9 Å². The monoisotopic (exact) mass is 605 g/mol. The van der Waals surface area contributed by atoms with Crippen LogP contribution in [0.5, 0.6) is 0 Å². The molecule has 1 aromatic carbocycles. The summed E-state index contributed by atoms with van der Waals surface area (Å²) in [7, 11) is 3.92. The molecule has 3 aromatic rings. The minimum Gasteiger partial charge on any atom is -0.465 e. The van der Waals surface area contributed by atoms with E-state index in [1.165, 1.54) is 41.2 Å². The maximum absolute atomic E-state index is 11.8.